The van der Waals surface area contributed by atoms with E-state index in [1.165, 1.54) is 4.90 Å². The maximum atomic E-state index is 11.8. The number of carbonyl (C=O) groups is 1. The Morgan fingerprint density at radius 3 is 2.52 bits per heavy atom. The van der Waals surface area contributed by atoms with Gasteiger partial charge in [-0.25, -0.2) is 0 Å². The van der Waals surface area contributed by atoms with E-state index in [-0.39, 0.29) is 5.91 Å². The van der Waals surface area contributed by atoms with Gasteiger partial charge in [0.1, 0.15) is 5.75 Å². The molecule has 25 heavy (non-hydrogen) atoms. The molecule has 1 heterocycles. The number of ether oxygens (including phenoxy) is 2. The average Bonchev–Trinajstić information content (AvgIpc) is 2.63. The van der Waals surface area contributed by atoms with Crippen molar-refractivity contribution in [1.29, 1.82) is 0 Å². The third-order valence-electron chi connectivity index (χ3n) is 4.14. The third kappa shape index (κ3) is 6.49. The molecule has 1 aromatic rings. The number of benzene rings is 1. The summed E-state index contributed by atoms with van der Waals surface area (Å²) >= 11 is 5.50. The summed E-state index contributed by atoms with van der Waals surface area (Å²) in [6.07, 6.45) is 0. The summed E-state index contributed by atoms with van der Waals surface area (Å²) in [6.45, 7) is 5.05. The highest BCUT2D eigenvalue weighted by atomic mass is 32.1. The van der Waals surface area contributed by atoms with E-state index in [0.29, 0.717) is 24.8 Å². The van der Waals surface area contributed by atoms with Gasteiger partial charge >= 0.3 is 0 Å². The van der Waals surface area contributed by atoms with E-state index in [4.69, 9.17) is 21.7 Å². The summed E-state index contributed by atoms with van der Waals surface area (Å²) in [7, 11) is 3.27. The summed E-state index contributed by atoms with van der Waals surface area (Å²) in [5, 5.41) is 6.83. The molecule has 0 atom stereocenters. The van der Waals surface area contributed by atoms with Gasteiger partial charge in [-0.3, -0.25) is 4.79 Å². The minimum Gasteiger partial charge on any atom is -0.497 e. The fourth-order valence-electron chi connectivity index (χ4n) is 2.66. The number of quaternary nitrogens is 1. The van der Waals surface area contributed by atoms with Crippen LogP contribution in [0.25, 0.3) is 0 Å². The molecule has 8 heteroatoms. The first-order chi connectivity index (χ1) is 12.1. The number of methoxy groups -OCH3 is 2. The molecule has 1 aliphatic heterocycles. The molecular weight excluding hydrogens is 340 g/mol. The molecule has 0 unspecified atom stereocenters. The van der Waals surface area contributed by atoms with Gasteiger partial charge in [0.2, 0.25) is 0 Å². The van der Waals surface area contributed by atoms with Crippen LogP contribution in [0.4, 0.5) is 5.69 Å². The first-order valence-electron chi connectivity index (χ1n) is 8.41. The molecule has 0 aromatic heterocycles. The summed E-state index contributed by atoms with van der Waals surface area (Å²) < 4.78 is 10.1. The average molecular weight is 367 g/mol. The number of hydrogen-bond donors (Lipinski definition) is 3. The van der Waals surface area contributed by atoms with Crippen molar-refractivity contribution in [3.8, 4) is 5.75 Å². The lowest BCUT2D eigenvalue weighted by atomic mass is 10.3. The maximum absolute atomic E-state index is 11.8. The molecule has 0 aliphatic carbocycles. The molecule has 1 fully saturated rings. The Labute approximate surface area is 154 Å². The Morgan fingerprint density at radius 1 is 1.24 bits per heavy atom. The van der Waals surface area contributed by atoms with Crippen LogP contribution < -0.4 is 20.3 Å². The Morgan fingerprint density at radius 2 is 1.92 bits per heavy atom. The summed E-state index contributed by atoms with van der Waals surface area (Å²) in [4.78, 5) is 15.3. The molecule has 138 valence electrons. The SMILES string of the molecule is COCCNC(=O)C[NH+]1CCN(C(=S)Nc2ccc(OC)cc2)CC1. The van der Waals surface area contributed by atoms with Gasteiger partial charge in [-0.05, 0) is 36.5 Å². The van der Waals surface area contributed by atoms with Crippen molar-refractivity contribution in [2.75, 3.05) is 65.4 Å². The number of rotatable bonds is 7. The van der Waals surface area contributed by atoms with Crippen molar-refractivity contribution < 1.29 is 19.2 Å². The number of nitrogens with zero attached hydrogens (tertiary/aromatic N) is 1. The number of carbonyl (C=O) groups excluding carboxylic acids is 1. The zero-order valence-electron chi connectivity index (χ0n) is 14.8. The van der Waals surface area contributed by atoms with Crippen LogP contribution in [0.15, 0.2) is 24.3 Å². The highest BCUT2D eigenvalue weighted by Gasteiger charge is 2.23. The summed E-state index contributed by atoms with van der Waals surface area (Å²) in [5.74, 6) is 0.886. The Bertz CT molecular complexity index is 560. The van der Waals surface area contributed by atoms with Crippen LogP contribution in [-0.2, 0) is 9.53 Å². The minimum atomic E-state index is 0.0689. The second-order valence-electron chi connectivity index (χ2n) is 5.92. The van der Waals surface area contributed by atoms with Crippen molar-refractivity contribution in [2.45, 2.75) is 0 Å². The minimum absolute atomic E-state index is 0.0689. The van der Waals surface area contributed by atoms with Gasteiger partial charge in [-0.15, -0.1) is 0 Å². The van der Waals surface area contributed by atoms with Gasteiger partial charge in [-0.2, -0.15) is 0 Å². The molecule has 0 bridgehead atoms. The van der Waals surface area contributed by atoms with Gasteiger partial charge in [0.25, 0.3) is 5.91 Å². The normalized spacial score (nSPS) is 14.9. The lowest BCUT2D eigenvalue weighted by molar-refractivity contribution is -0.895. The largest absolute Gasteiger partial charge is 0.497 e. The number of nitrogens with one attached hydrogen (secondary N) is 3. The smallest absolute Gasteiger partial charge is 0.275 e. The lowest BCUT2D eigenvalue weighted by Gasteiger charge is -2.33. The molecule has 0 spiro atoms. The van der Waals surface area contributed by atoms with Crippen LogP contribution in [0.2, 0.25) is 0 Å². The topological polar surface area (TPSA) is 67.3 Å². The fraction of sp³-hybridized carbons (Fsp3) is 0.529. The number of amides is 1. The van der Waals surface area contributed by atoms with Crippen molar-refractivity contribution in [3.05, 3.63) is 24.3 Å². The van der Waals surface area contributed by atoms with Crippen molar-refractivity contribution in [1.82, 2.24) is 10.2 Å². The second kappa shape index (κ2) is 10.2. The van der Waals surface area contributed by atoms with Crippen molar-refractivity contribution in [3.63, 3.8) is 0 Å². The Balaban J connectivity index is 1.71. The van der Waals surface area contributed by atoms with E-state index >= 15 is 0 Å². The monoisotopic (exact) mass is 367 g/mol. The predicted octanol–water partition coefficient (Wildman–Crippen LogP) is -0.645. The Hall–Kier alpha value is -1.90. The third-order valence-corrected chi connectivity index (χ3v) is 4.50. The van der Waals surface area contributed by atoms with E-state index in [1.807, 2.05) is 24.3 Å². The first-order valence-corrected chi connectivity index (χ1v) is 8.82. The molecule has 3 N–H and O–H groups in total. The number of piperazine rings is 1. The van der Waals surface area contributed by atoms with Crippen LogP contribution >= 0.6 is 12.2 Å². The molecule has 7 nitrogen and oxygen atoms in total. The van der Waals surface area contributed by atoms with E-state index in [1.54, 1.807) is 14.2 Å². The zero-order chi connectivity index (χ0) is 18.1. The highest BCUT2D eigenvalue weighted by molar-refractivity contribution is 7.80. The van der Waals surface area contributed by atoms with Gasteiger partial charge in [0.05, 0.1) is 39.9 Å². The van der Waals surface area contributed by atoms with E-state index in [9.17, 15) is 4.79 Å². The predicted molar refractivity (Wildman–Crippen MR) is 101 cm³/mol. The second-order valence-corrected chi connectivity index (χ2v) is 6.30. The van der Waals surface area contributed by atoms with Gasteiger partial charge in [-0.1, -0.05) is 0 Å². The molecule has 1 amide bonds. The van der Waals surface area contributed by atoms with Gasteiger partial charge in [0.15, 0.2) is 11.7 Å². The number of anilines is 1. The van der Waals surface area contributed by atoms with Crippen molar-refractivity contribution in [2.24, 2.45) is 0 Å². The molecule has 1 aliphatic rings. The molecule has 0 saturated carbocycles. The van der Waals surface area contributed by atoms with Crippen LogP contribution in [0.3, 0.4) is 0 Å². The molecule has 1 aromatic carbocycles. The van der Waals surface area contributed by atoms with Crippen molar-refractivity contribution >= 4 is 28.9 Å². The zero-order valence-corrected chi connectivity index (χ0v) is 15.7. The van der Waals surface area contributed by atoms with Crippen LogP contribution in [0.5, 0.6) is 5.75 Å². The summed E-state index contributed by atoms with van der Waals surface area (Å²) in [6, 6.07) is 7.68. The van der Waals surface area contributed by atoms with E-state index in [2.05, 4.69) is 15.5 Å². The fourth-order valence-corrected chi connectivity index (χ4v) is 2.96. The highest BCUT2D eigenvalue weighted by Crippen LogP contribution is 2.15. The van der Waals surface area contributed by atoms with E-state index in [0.717, 1.165) is 37.6 Å². The summed E-state index contributed by atoms with van der Waals surface area (Å²) in [5.41, 5.74) is 0.943. The first kappa shape index (κ1) is 19.4. The maximum Gasteiger partial charge on any atom is 0.275 e. The molecule has 2 rings (SSSR count). The number of thiocarbonyl (C=S) groups is 1. The lowest BCUT2D eigenvalue weighted by Crippen LogP contribution is -3.15. The van der Waals surface area contributed by atoms with Gasteiger partial charge < -0.3 is 29.9 Å². The standard InChI is InChI=1S/C17H26N4O3S/c1-23-12-7-18-16(22)13-20-8-10-21(11-9-20)17(25)19-14-3-5-15(24-2)6-4-14/h3-6H,7-13H2,1-2H3,(H,18,22)(H,19,25)/p+1. The van der Waals surface area contributed by atoms with Crippen LogP contribution in [0, 0.1) is 0 Å². The molecular formula is C17H27N4O3S+. The quantitative estimate of drug-likeness (QED) is 0.440. The van der Waals surface area contributed by atoms with Crippen LogP contribution in [0.1, 0.15) is 0 Å². The molecule has 1 saturated heterocycles. The van der Waals surface area contributed by atoms with E-state index < -0.39 is 0 Å². The Kier molecular flexibility index (Phi) is 7.90. The molecule has 0 radical (unpaired) electrons. The number of hydrogen-bond acceptors (Lipinski definition) is 4. The van der Waals surface area contributed by atoms with Gasteiger partial charge in [0, 0.05) is 19.3 Å². The van der Waals surface area contributed by atoms with Crippen LogP contribution in [-0.4, -0.2) is 76.0 Å².